The van der Waals surface area contributed by atoms with E-state index in [0.717, 1.165) is 17.7 Å². The Bertz CT molecular complexity index is 773. The third-order valence-electron chi connectivity index (χ3n) is 3.47. The van der Waals surface area contributed by atoms with Crippen molar-refractivity contribution in [2.45, 2.75) is 13.3 Å². The Morgan fingerprint density at radius 3 is 2.88 bits per heavy atom. The maximum absolute atomic E-state index is 14.7. The van der Waals surface area contributed by atoms with Gasteiger partial charge in [-0.15, -0.1) is 0 Å². The van der Waals surface area contributed by atoms with E-state index >= 15 is 0 Å². The Morgan fingerprint density at radius 2 is 2.19 bits per heavy atom. The topological polar surface area (TPSA) is 58.2 Å². The highest BCUT2D eigenvalue weighted by molar-refractivity contribution is 8.00. The minimum Gasteiger partial charge on any atom is -0.495 e. The van der Waals surface area contributed by atoms with E-state index in [2.05, 4.69) is 27.3 Å². The van der Waals surface area contributed by atoms with E-state index in [1.165, 1.54) is 11.9 Å². The highest BCUT2D eigenvalue weighted by Crippen LogP contribution is 2.32. The summed E-state index contributed by atoms with van der Waals surface area (Å²) in [5.41, 5.74) is 2.10. The van der Waals surface area contributed by atoms with Crippen molar-refractivity contribution < 1.29 is 9.13 Å². The number of hydrogen-bond donors (Lipinski definition) is 3. The van der Waals surface area contributed by atoms with Gasteiger partial charge in [-0.25, -0.2) is 4.39 Å². The first kappa shape index (κ1) is 20.2. The van der Waals surface area contributed by atoms with Crippen LogP contribution in [0.25, 0.3) is 5.70 Å². The summed E-state index contributed by atoms with van der Waals surface area (Å²) in [5, 5.41) is 6.30. The highest BCUT2D eigenvalue weighted by atomic mass is 35.5. The van der Waals surface area contributed by atoms with Crippen molar-refractivity contribution in [3.8, 4) is 5.75 Å². The van der Waals surface area contributed by atoms with Gasteiger partial charge in [-0.05, 0) is 24.6 Å². The fourth-order valence-electron chi connectivity index (χ4n) is 2.12. The zero-order valence-corrected chi connectivity index (χ0v) is 16.5. The molecule has 0 bridgehead atoms. The molecule has 0 amide bonds. The van der Waals surface area contributed by atoms with E-state index in [1.807, 2.05) is 6.07 Å². The van der Waals surface area contributed by atoms with Crippen LogP contribution in [-0.4, -0.2) is 24.9 Å². The quantitative estimate of drug-likeness (QED) is 0.410. The standard InChI is InChI=1S/C18H22ClFN4OS/c1-4-7-26-24-15-6-5-14(19)18(17(15)20)23-11-16(21-2)12-8-13(25-3)10-22-9-12/h5-6,8-11,21,23-24H,4,7H2,1-3H3/b16-11-. The SMILES string of the molecule is CCCSNc1ccc(Cl)c(N/C=C(\NC)c2cncc(OC)c2)c1F. The van der Waals surface area contributed by atoms with Gasteiger partial charge in [-0.2, -0.15) is 0 Å². The van der Waals surface area contributed by atoms with Crippen molar-refractivity contribution in [2.75, 3.05) is 29.9 Å². The van der Waals surface area contributed by atoms with E-state index in [4.69, 9.17) is 16.3 Å². The summed E-state index contributed by atoms with van der Waals surface area (Å²) in [6.07, 6.45) is 5.94. The van der Waals surface area contributed by atoms with Gasteiger partial charge in [-0.3, -0.25) is 4.98 Å². The minimum atomic E-state index is -0.434. The number of rotatable bonds is 9. The molecular weight excluding hydrogens is 375 g/mol. The smallest absolute Gasteiger partial charge is 0.172 e. The number of halogens is 2. The van der Waals surface area contributed by atoms with E-state index < -0.39 is 5.82 Å². The number of nitrogens with zero attached hydrogens (tertiary/aromatic N) is 1. The number of pyridine rings is 1. The van der Waals surface area contributed by atoms with Crippen LogP contribution in [0, 0.1) is 5.82 Å². The first-order valence-electron chi connectivity index (χ1n) is 8.10. The molecule has 2 rings (SSSR count). The molecule has 0 fully saturated rings. The lowest BCUT2D eigenvalue weighted by Crippen LogP contribution is -2.08. The van der Waals surface area contributed by atoms with E-state index in [0.29, 0.717) is 22.2 Å². The Labute approximate surface area is 162 Å². The van der Waals surface area contributed by atoms with Crippen LogP contribution in [0.15, 0.2) is 36.8 Å². The van der Waals surface area contributed by atoms with Crippen LogP contribution >= 0.6 is 23.5 Å². The van der Waals surface area contributed by atoms with Crippen LogP contribution < -0.4 is 20.1 Å². The molecule has 0 aliphatic carbocycles. The zero-order chi connectivity index (χ0) is 18.9. The van der Waals surface area contributed by atoms with Crippen LogP contribution in [0.5, 0.6) is 5.75 Å². The summed E-state index contributed by atoms with van der Waals surface area (Å²) in [4.78, 5) is 4.12. The number of aromatic nitrogens is 1. The Balaban J connectivity index is 2.25. The van der Waals surface area contributed by atoms with Gasteiger partial charge in [0, 0.05) is 30.8 Å². The summed E-state index contributed by atoms with van der Waals surface area (Å²) in [6, 6.07) is 5.11. The summed E-state index contributed by atoms with van der Waals surface area (Å²) < 4.78 is 22.9. The molecule has 0 atom stereocenters. The number of ether oxygens (including phenoxy) is 1. The number of benzene rings is 1. The first-order valence-corrected chi connectivity index (χ1v) is 9.46. The number of nitrogens with one attached hydrogen (secondary N) is 3. The maximum Gasteiger partial charge on any atom is 0.172 e. The van der Waals surface area contributed by atoms with E-state index in [9.17, 15) is 4.39 Å². The van der Waals surface area contributed by atoms with Crippen LogP contribution in [0.3, 0.4) is 0 Å². The third kappa shape index (κ3) is 5.19. The second-order valence-electron chi connectivity index (χ2n) is 5.30. The van der Waals surface area contributed by atoms with Gasteiger partial charge >= 0.3 is 0 Å². The Hall–Kier alpha value is -2.12. The maximum atomic E-state index is 14.7. The Kier molecular flexibility index (Phi) is 7.87. The highest BCUT2D eigenvalue weighted by Gasteiger charge is 2.12. The third-order valence-corrected chi connectivity index (χ3v) is 4.76. The van der Waals surface area contributed by atoms with Gasteiger partial charge in [0.2, 0.25) is 0 Å². The molecular formula is C18H22ClFN4OS. The molecule has 0 saturated carbocycles. The fourth-order valence-corrected chi connectivity index (χ4v) is 2.94. The first-order chi connectivity index (χ1) is 12.6. The molecule has 1 heterocycles. The second kappa shape index (κ2) is 10.1. The van der Waals surface area contributed by atoms with Gasteiger partial charge in [0.05, 0.1) is 35.4 Å². The molecule has 0 aliphatic heterocycles. The molecule has 140 valence electrons. The predicted octanol–water partition coefficient (Wildman–Crippen LogP) is 4.98. The summed E-state index contributed by atoms with van der Waals surface area (Å²) in [6.45, 7) is 2.07. The van der Waals surface area contributed by atoms with Gasteiger partial charge in [0.15, 0.2) is 5.82 Å². The van der Waals surface area contributed by atoms with Crippen molar-refractivity contribution in [3.63, 3.8) is 0 Å². The molecule has 26 heavy (non-hydrogen) atoms. The second-order valence-corrected chi connectivity index (χ2v) is 6.61. The zero-order valence-electron chi connectivity index (χ0n) is 14.9. The molecule has 8 heteroatoms. The Morgan fingerprint density at radius 1 is 1.38 bits per heavy atom. The lowest BCUT2D eigenvalue weighted by molar-refractivity contribution is 0.412. The summed E-state index contributed by atoms with van der Waals surface area (Å²) in [5.74, 6) is 1.08. The normalized spacial score (nSPS) is 11.2. The molecule has 0 aliphatic rings. The molecule has 5 nitrogen and oxygen atoms in total. The molecule has 1 aromatic heterocycles. The van der Waals surface area contributed by atoms with Crippen molar-refractivity contribution >= 4 is 40.6 Å². The molecule has 0 radical (unpaired) electrons. The van der Waals surface area contributed by atoms with Crippen molar-refractivity contribution in [3.05, 3.63) is 53.2 Å². The molecule has 1 aromatic carbocycles. The molecule has 0 saturated heterocycles. The number of anilines is 2. The monoisotopic (exact) mass is 396 g/mol. The summed E-state index contributed by atoms with van der Waals surface area (Å²) in [7, 11) is 3.34. The van der Waals surface area contributed by atoms with E-state index in [-0.39, 0.29) is 5.69 Å². The largest absolute Gasteiger partial charge is 0.495 e. The number of methoxy groups -OCH3 is 1. The minimum absolute atomic E-state index is 0.206. The molecule has 0 unspecified atom stereocenters. The van der Waals surface area contributed by atoms with Crippen LogP contribution in [0.4, 0.5) is 15.8 Å². The predicted molar refractivity (Wildman–Crippen MR) is 109 cm³/mol. The molecule has 2 aromatic rings. The lowest BCUT2D eigenvalue weighted by atomic mass is 10.2. The van der Waals surface area contributed by atoms with Gasteiger partial charge < -0.3 is 20.1 Å². The van der Waals surface area contributed by atoms with Crippen LogP contribution in [0.1, 0.15) is 18.9 Å². The van der Waals surface area contributed by atoms with Crippen molar-refractivity contribution in [1.29, 1.82) is 0 Å². The summed E-state index contributed by atoms with van der Waals surface area (Å²) >= 11 is 7.62. The number of hydrogen-bond acceptors (Lipinski definition) is 6. The van der Waals surface area contributed by atoms with Crippen molar-refractivity contribution in [2.24, 2.45) is 0 Å². The van der Waals surface area contributed by atoms with E-state index in [1.54, 1.807) is 44.9 Å². The van der Waals surface area contributed by atoms with Crippen molar-refractivity contribution in [1.82, 2.24) is 10.3 Å². The van der Waals surface area contributed by atoms with Gasteiger partial charge in [0.25, 0.3) is 0 Å². The van der Waals surface area contributed by atoms with Crippen LogP contribution in [-0.2, 0) is 0 Å². The average molecular weight is 397 g/mol. The van der Waals surface area contributed by atoms with Gasteiger partial charge in [0.1, 0.15) is 5.75 Å². The average Bonchev–Trinajstić information content (AvgIpc) is 2.66. The van der Waals surface area contributed by atoms with Crippen LogP contribution in [0.2, 0.25) is 5.02 Å². The molecule has 3 N–H and O–H groups in total. The van der Waals surface area contributed by atoms with Gasteiger partial charge in [-0.1, -0.05) is 30.5 Å². The fraction of sp³-hybridized carbons (Fsp3) is 0.278. The lowest BCUT2D eigenvalue weighted by Gasteiger charge is -2.13. The molecule has 0 spiro atoms.